The van der Waals surface area contributed by atoms with Gasteiger partial charge in [0.2, 0.25) is 0 Å². The van der Waals surface area contributed by atoms with Crippen molar-refractivity contribution in [3.8, 4) is 11.5 Å². The zero-order chi connectivity index (χ0) is 16.0. The molecular formula is C15H23ClN2O3. The summed E-state index contributed by atoms with van der Waals surface area (Å²) < 4.78 is 10.9. The second-order valence-corrected chi connectivity index (χ2v) is 5.47. The topological polar surface area (TPSA) is 73.6 Å². The zero-order valence-corrected chi connectivity index (χ0v) is 13.7. The SMILES string of the molecule is CCC(Oc1c(Cl)cc(CNC(C)C)cc1OC)C(N)=O. The van der Waals surface area contributed by atoms with Gasteiger partial charge in [0, 0.05) is 12.6 Å². The van der Waals surface area contributed by atoms with Crippen molar-refractivity contribution >= 4 is 17.5 Å². The molecule has 0 saturated carbocycles. The van der Waals surface area contributed by atoms with E-state index in [-0.39, 0.29) is 0 Å². The zero-order valence-electron chi connectivity index (χ0n) is 12.9. The molecule has 0 radical (unpaired) electrons. The van der Waals surface area contributed by atoms with Crippen LogP contribution in [0.2, 0.25) is 5.02 Å². The third-order valence-electron chi connectivity index (χ3n) is 2.95. The van der Waals surface area contributed by atoms with Gasteiger partial charge in [0.15, 0.2) is 17.6 Å². The number of carbonyl (C=O) groups is 1. The van der Waals surface area contributed by atoms with Crippen LogP contribution in [0, 0.1) is 0 Å². The molecule has 1 amide bonds. The molecule has 0 aliphatic rings. The Bertz CT molecular complexity index is 492. The molecule has 1 atom stereocenters. The Balaban J connectivity index is 3.01. The molecule has 118 valence electrons. The lowest BCUT2D eigenvalue weighted by atomic mass is 10.1. The summed E-state index contributed by atoms with van der Waals surface area (Å²) in [4.78, 5) is 11.3. The van der Waals surface area contributed by atoms with Crippen LogP contribution >= 0.6 is 11.6 Å². The minimum Gasteiger partial charge on any atom is -0.493 e. The highest BCUT2D eigenvalue weighted by Gasteiger charge is 2.20. The molecule has 0 aliphatic carbocycles. The molecule has 6 heteroatoms. The van der Waals surface area contributed by atoms with Crippen molar-refractivity contribution in [3.63, 3.8) is 0 Å². The van der Waals surface area contributed by atoms with Crippen molar-refractivity contribution < 1.29 is 14.3 Å². The summed E-state index contributed by atoms with van der Waals surface area (Å²) in [6, 6.07) is 4.00. The summed E-state index contributed by atoms with van der Waals surface area (Å²) in [5.74, 6) is 0.307. The van der Waals surface area contributed by atoms with E-state index in [2.05, 4.69) is 19.2 Å². The molecule has 21 heavy (non-hydrogen) atoms. The van der Waals surface area contributed by atoms with Gasteiger partial charge in [-0.15, -0.1) is 0 Å². The quantitative estimate of drug-likeness (QED) is 0.773. The van der Waals surface area contributed by atoms with Crippen LogP contribution in [-0.4, -0.2) is 25.2 Å². The van der Waals surface area contributed by atoms with Crippen molar-refractivity contribution in [1.82, 2.24) is 5.32 Å². The maximum Gasteiger partial charge on any atom is 0.258 e. The van der Waals surface area contributed by atoms with Gasteiger partial charge in [0.1, 0.15) is 0 Å². The van der Waals surface area contributed by atoms with E-state index in [9.17, 15) is 4.79 Å². The molecule has 0 spiro atoms. The number of rotatable bonds is 8. The van der Waals surface area contributed by atoms with Crippen molar-refractivity contribution in [2.24, 2.45) is 5.73 Å². The van der Waals surface area contributed by atoms with Gasteiger partial charge >= 0.3 is 0 Å². The molecular weight excluding hydrogens is 292 g/mol. The van der Waals surface area contributed by atoms with Crippen LogP contribution in [0.4, 0.5) is 0 Å². The van der Waals surface area contributed by atoms with E-state index in [1.165, 1.54) is 7.11 Å². The van der Waals surface area contributed by atoms with Gasteiger partial charge in [0.25, 0.3) is 5.91 Å². The molecule has 5 nitrogen and oxygen atoms in total. The number of halogens is 1. The normalized spacial score (nSPS) is 12.3. The standard InChI is InChI=1S/C15H23ClN2O3/c1-5-12(15(17)19)21-14-11(16)6-10(7-13(14)20-4)8-18-9(2)3/h6-7,9,12,18H,5,8H2,1-4H3,(H2,17,19). The maximum absolute atomic E-state index is 11.3. The van der Waals surface area contributed by atoms with Gasteiger partial charge in [-0.25, -0.2) is 0 Å². The minimum atomic E-state index is -0.726. The predicted molar refractivity (Wildman–Crippen MR) is 83.9 cm³/mol. The van der Waals surface area contributed by atoms with Gasteiger partial charge in [0.05, 0.1) is 12.1 Å². The number of hydrogen-bond donors (Lipinski definition) is 2. The van der Waals surface area contributed by atoms with Crippen LogP contribution in [0.15, 0.2) is 12.1 Å². The van der Waals surface area contributed by atoms with Gasteiger partial charge in [-0.05, 0) is 24.1 Å². The molecule has 0 saturated heterocycles. The van der Waals surface area contributed by atoms with E-state index in [0.29, 0.717) is 35.5 Å². The van der Waals surface area contributed by atoms with Crippen LogP contribution < -0.4 is 20.5 Å². The van der Waals surface area contributed by atoms with Gasteiger partial charge in [-0.1, -0.05) is 32.4 Å². The fraction of sp³-hybridized carbons (Fsp3) is 0.533. The maximum atomic E-state index is 11.3. The molecule has 1 aromatic rings. The van der Waals surface area contributed by atoms with Crippen LogP contribution in [0.5, 0.6) is 11.5 Å². The smallest absolute Gasteiger partial charge is 0.258 e. The average Bonchev–Trinajstić information content (AvgIpc) is 2.42. The molecule has 0 aromatic heterocycles. The van der Waals surface area contributed by atoms with E-state index in [4.69, 9.17) is 26.8 Å². The molecule has 0 bridgehead atoms. The Morgan fingerprint density at radius 1 is 1.43 bits per heavy atom. The highest BCUT2D eigenvalue weighted by molar-refractivity contribution is 6.32. The van der Waals surface area contributed by atoms with Crippen LogP contribution in [0.1, 0.15) is 32.8 Å². The first-order valence-corrected chi connectivity index (χ1v) is 7.32. The van der Waals surface area contributed by atoms with Crippen molar-refractivity contribution in [2.75, 3.05) is 7.11 Å². The lowest BCUT2D eigenvalue weighted by molar-refractivity contribution is -0.124. The summed E-state index contributed by atoms with van der Waals surface area (Å²) in [6.45, 7) is 6.61. The van der Waals surface area contributed by atoms with Crippen LogP contribution in [0.3, 0.4) is 0 Å². The Kier molecular flexibility index (Phi) is 6.78. The van der Waals surface area contributed by atoms with Crippen molar-refractivity contribution in [1.29, 1.82) is 0 Å². The van der Waals surface area contributed by atoms with Crippen LogP contribution in [-0.2, 0) is 11.3 Å². The molecule has 1 unspecified atom stereocenters. The number of primary amides is 1. The number of carbonyl (C=O) groups excluding carboxylic acids is 1. The first-order valence-electron chi connectivity index (χ1n) is 6.94. The van der Waals surface area contributed by atoms with Crippen molar-refractivity contribution in [3.05, 3.63) is 22.7 Å². The Labute approximate surface area is 130 Å². The number of ether oxygens (including phenoxy) is 2. The second kappa shape index (κ2) is 8.10. The highest BCUT2D eigenvalue weighted by atomic mass is 35.5. The first-order chi connectivity index (χ1) is 9.88. The number of hydrogen-bond acceptors (Lipinski definition) is 4. The summed E-state index contributed by atoms with van der Waals surface area (Å²) in [7, 11) is 1.53. The lowest BCUT2D eigenvalue weighted by Crippen LogP contribution is -2.33. The molecule has 1 aromatic carbocycles. The number of nitrogens with one attached hydrogen (secondary N) is 1. The number of nitrogens with two attached hydrogens (primary N) is 1. The van der Waals surface area contributed by atoms with Crippen molar-refractivity contribution in [2.45, 2.75) is 45.9 Å². The van der Waals surface area contributed by atoms with E-state index in [1.54, 1.807) is 6.07 Å². The number of methoxy groups -OCH3 is 1. The van der Waals surface area contributed by atoms with E-state index < -0.39 is 12.0 Å². The Morgan fingerprint density at radius 2 is 2.10 bits per heavy atom. The van der Waals surface area contributed by atoms with Gasteiger partial charge in [-0.3, -0.25) is 4.79 Å². The summed E-state index contributed by atoms with van der Waals surface area (Å²) in [5.41, 5.74) is 6.27. The number of amides is 1. The third kappa shape index (κ3) is 5.10. The summed E-state index contributed by atoms with van der Waals surface area (Å²) >= 11 is 6.25. The highest BCUT2D eigenvalue weighted by Crippen LogP contribution is 2.37. The average molecular weight is 315 g/mol. The monoisotopic (exact) mass is 314 g/mol. The number of benzene rings is 1. The van der Waals surface area contributed by atoms with E-state index >= 15 is 0 Å². The van der Waals surface area contributed by atoms with E-state index in [0.717, 1.165) is 5.56 Å². The summed E-state index contributed by atoms with van der Waals surface area (Å²) in [6.07, 6.45) is -0.262. The second-order valence-electron chi connectivity index (χ2n) is 5.06. The van der Waals surface area contributed by atoms with E-state index in [1.807, 2.05) is 13.0 Å². The van der Waals surface area contributed by atoms with Gasteiger partial charge < -0.3 is 20.5 Å². The molecule has 0 fully saturated rings. The molecule has 0 aliphatic heterocycles. The van der Waals surface area contributed by atoms with Crippen LogP contribution in [0.25, 0.3) is 0 Å². The first kappa shape index (κ1) is 17.6. The Morgan fingerprint density at radius 3 is 2.57 bits per heavy atom. The Hall–Kier alpha value is -1.46. The largest absolute Gasteiger partial charge is 0.493 e. The third-order valence-corrected chi connectivity index (χ3v) is 3.23. The summed E-state index contributed by atoms with van der Waals surface area (Å²) in [5, 5.41) is 3.70. The predicted octanol–water partition coefficient (Wildman–Crippen LogP) is 2.49. The molecule has 0 heterocycles. The minimum absolute atomic E-state index is 0.345. The van der Waals surface area contributed by atoms with Gasteiger partial charge in [-0.2, -0.15) is 0 Å². The molecule has 3 N–H and O–H groups in total. The fourth-order valence-electron chi connectivity index (χ4n) is 1.80. The fourth-order valence-corrected chi connectivity index (χ4v) is 2.07. The molecule has 1 rings (SSSR count). The lowest BCUT2D eigenvalue weighted by Gasteiger charge is -2.19.